The van der Waals surface area contributed by atoms with Gasteiger partial charge >= 0.3 is 0 Å². The molecule has 8 nitrogen and oxygen atoms in total. The van der Waals surface area contributed by atoms with Crippen molar-refractivity contribution in [3.05, 3.63) is 74.5 Å². The highest BCUT2D eigenvalue weighted by atomic mass is 35.5. The highest BCUT2D eigenvalue weighted by molar-refractivity contribution is 6.30. The van der Waals surface area contributed by atoms with Crippen LogP contribution in [0.5, 0.6) is 0 Å². The van der Waals surface area contributed by atoms with E-state index < -0.39 is 17.4 Å². The summed E-state index contributed by atoms with van der Waals surface area (Å²) in [6.45, 7) is 3.79. The first-order valence-electron chi connectivity index (χ1n) is 9.65. The summed E-state index contributed by atoms with van der Waals surface area (Å²) in [7, 11) is 0. The zero-order valence-corrected chi connectivity index (χ0v) is 17.6. The zero-order chi connectivity index (χ0) is 22.1. The second kappa shape index (κ2) is 8.23. The van der Waals surface area contributed by atoms with Gasteiger partial charge in [0.25, 0.3) is 5.56 Å². The molecule has 158 valence electrons. The van der Waals surface area contributed by atoms with E-state index in [4.69, 9.17) is 11.6 Å². The zero-order valence-electron chi connectivity index (χ0n) is 16.9. The minimum absolute atomic E-state index is 0.0672. The molecule has 2 amide bonds. The fraction of sp³-hybridized carbons (Fsp3) is 0.182. The van der Waals surface area contributed by atoms with E-state index in [9.17, 15) is 14.4 Å². The maximum Gasteiger partial charge on any atom is 0.258 e. The van der Waals surface area contributed by atoms with E-state index in [1.807, 2.05) is 32.0 Å². The van der Waals surface area contributed by atoms with Crippen molar-refractivity contribution in [2.24, 2.45) is 0 Å². The molecule has 0 saturated carbocycles. The number of benzene rings is 2. The molecule has 0 radical (unpaired) electrons. The van der Waals surface area contributed by atoms with Crippen LogP contribution in [-0.4, -0.2) is 21.8 Å². The average Bonchev–Trinajstić information content (AvgIpc) is 2.71. The summed E-state index contributed by atoms with van der Waals surface area (Å²) in [5, 5.41) is 8.96. The van der Waals surface area contributed by atoms with E-state index in [1.165, 1.54) is 0 Å². The highest BCUT2D eigenvalue weighted by Gasteiger charge is 2.35. The van der Waals surface area contributed by atoms with E-state index >= 15 is 0 Å². The lowest BCUT2D eigenvalue weighted by atomic mass is 9.92. The van der Waals surface area contributed by atoms with Crippen molar-refractivity contribution in [3.63, 3.8) is 0 Å². The third kappa shape index (κ3) is 4.44. The molecular weight excluding hydrogens is 418 g/mol. The summed E-state index contributed by atoms with van der Waals surface area (Å²) < 4.78 is 0. The van der Waals surface area contributed by atoms with Crippen LogP contribution in [0, 0.1) is 13.8 Å². The Bertz CT molecular complexity index is 1240. The van der Waals surface area contributed by atoms with Gasteiger partial charge in [-0.2, -0.15) is 4.98 Å². The number of aryl methyl sites for hydroxylation is 2. The number of amides is 2. The minimum atomic E-state index is -0.954. The number of rotatable bonds is 4. The number of halogens is 1. The quantitative estimate of drug-likeness (QED) is 0.494. The summed E-state index contributed by atoms with van der Waals surface area (Å²) >= 11 is 5.89. The summed E-state index contributed by atoms with van der Waals surface area (Å²) in [6.07, 6.45) is -0.140. The third-order valence-electron chi connectivity index (χ3n) is 5.03. The van der Waals surface area contributed by atoms with Gasteiger partial charge in [0.05, 0.1) is 11.5 Å². The van der Waals surface area contributed by atoms with E-state index in [1.54, 1.807) is 24.3 Å². The topological polar surface area (TPSA) is 116 Å². The van der Waals surface area contributed by atoms with E-state index in [-0.39, 0.29) is 29.7 Å². The van der Waals surface area contributed by atoms with Gasteiger partial charge in [0.2, 0.25) is 17.8 Å². The van der Waals surface area contributed by atoms with Gasteiger partial charge in [-0.15, -0.1) is 0 Å². The number of H-pyrrole nitrogens is 1. The second-order valence-corrected chi connectivity index (χ2v) is 7.86. The van der Waals surface area contributed by atoms with Crippen molar-refractivity contribution in [1.82, 2.24) is 9.97 Å². The van der Waals surface area contributed by atoms with Crippen LogP contribution in [-0.2, 0) is 9.59 Å². The van der Waals surface area contributed by atoms with Crippen LogP contribution in [0.15, 0.2) is 47.3 Å². The maximum atomic E-state index is 13.0. The van der Waals surface area contributed by atoms with Gasteiger partial charge in [0.1, 0.15) is 5.82 Å². The predicted molar refractivity (Wildman–Crippen MR) is 120 cm³/mol. The SMILES string of the molecule is Cc1ccc(C)c(NC(=O)C2CC(=O)Nc3nc(Nc4ccc(Cl)cc4)[nH]c(=O)c32)c1. The standard InChI is InChI=1S/C22H20ClN5O3/c1-11-3-4-12(2)16(9-11)25-20(30)15-10-17(29)26-19-18(15)21(31)28-22(27-19)24-14-7-5-13(23)6-8-14/h3-9,15H,10H2,1-2H3,(H,25,30)(H3,24,26,27,28,29,31). The molecule has 4 N–H and O–H groups in total. The molecule has 1 aliphatic heterocycles. The molecule has 0 fully saturated rings. The van der Waals surface area contributed by atoms with E-state index in [0.717, 1.165) is 11.1 Å². The highest BCUT2D eigenvalue weighted by Crippen LogP contribution is 2.30. The van der Waals surface area contributed by atoms with Crippen LogP contribution in [0.2, 0.25) is 5.02 Å². The number of aromatic nitrogens is 2. The lowest BCUT2D eigenvalue weighted by Crippen LogP contribution is -2.36. The molecule has 31 heavy (non-hydrogen) atoms. The summed E-state index contributed by atoms with van der Waals surface area (Å²) in [5.74, 6) is -1.57. The molecule has 1 aromatic heterocycles. The Morgan fingerprint density at radius 1 is 1.13 bits per heavy atom. The number of hydrogen-bond acceptors (Lipinski definition) is 5. The summed E-state index contributed by atoms with van der Waals surface area (Å²) in [6, 6.07) is 12.5. The van der Waals surface area contributed by atoms with Gasteiger partial charge in [-0.25, -0.2) is 0 Å². The van der Waals surface area contributed by atoms with Crippen molar-refractivity contribution >= 4 is 46.6 Å². The fourth-order valence-corrected chi connectivity index (χ4v) is 3.54. The first-order chi connectivity index (χ1) is 14.8. The molecule has 4 rings (SSSR count). The van der Waals surface area contributed by atoms with Gasteiger partial charge in [-0.05, 0) is 55.3 Å². The van der Waals surface area contributed by atoms with Crippen molar-refractivity contribution in [1.29, 1.82) is 0 Å². The molecular formula is C22H20ClN5O3. The maximum absolute atomic E-state index is 13.0. The lowest BCUT2D eigenvalue weighted by Gasteiger charge is -2.24. The largest absolute Gasteiger partial charge is 0.326 e. The Morgan fingerprint density at radius 2 is 1.87 bits per heavy atom. The molecule has 1 unspecified atom stereocenters. The Kier molecular flexibility index (Phi) is 5.48. The van der Waals surface area contributed by atoms with Gasteiger partial charge in [0.15, 0.2) is 0 Å². The number of hydrogen-bond donors (Lipinski definition) is 4. The first-order valence-corrected chi connectivity index (χ1v) is 10.0. The van der Waals surface area contributed by atoms with Crippen LogP contribution in [0.3, 0.4) is 0 Å². The number of carbonyl (C=O) groups is 2. The predicted octanol–water partition coefficient (Wildman–Crippen LogP) is 3.85. The molecule has 0 spiro atoms. The monoisotopic (exact) mass is 437 g/mol. The molecule has 3 aromatic rings. The number of nitrogens with one attached hydrogen (secondary N) is 4. The third-order valence-corrected chi connectivity index (χ3v) is 5.28. The Balaban J connectivity index is 1.65. The Morgan fingerprint density at radius 3 is 2.61 bits per heavy atom. The average molecular weight is 438 g/mol. The molecule has 9 heteroatoms. The summed E-state index contributed by atoms with van der Waals surface area (Å²) in [4.78, 5) is 45.0. The molecule has 1 aliphatic rings. The normalized spacial score (nSPS) is 15.1. The van der Waals surface area contributed by atoms with Crippen molar-refractivity contribution in [2.45, 2.75) is 26.2 Å². The van der Waals surface area contributed by atoms with Gasteiger partial charge in [0, 0.05) is 22.8 Å². The number of nitrogens with zero attached hydrogens (tertiary/aromatic N) is 1. The smallest absolute Gasteiger partial charge is 0.258 e. The molecule has 0 saturated heterocycles. The van der Waals surface area contributed by atoms with Crippen LogP contribution < -0.4 is 21.5 Å². The molecule has 2 aromatic carbocycles. The van der Waals surface area contributed by atoms with E-state index in [0.29, 0.717) is 16.4 Å². The Labute approximate surface area is 183 Å². The van der Waals surface area contributed by atoms with E-state index in [2.05, 4.69) is 25.9 Å². The molecule has 1 atom stereocenters. The van der Waals surface area contributed by atoms with Gasteiger partial charge < -0.3 is 16.0 Å². The molecule has 2 heterocycles. The number of anilines is 4. The van der Waals surface area contributed by atoms with Crippen LogP contribution in [0.1, 0.15) is 29.0 Å². The summed E-state index contributed by atoms with van der Waals surface area (Å²) in [5.41, 5.74) is 2.79. The first kappa shape index (κ1) is 20.6. The van der Waals surface area contributed by atoms with Crippen molar-refractivity contribution in [3.8, 4) is 0 Å². The van der Waals surface area contributed by atoms with Crippen molar-refractivity contribution < 1.29 is 9.59 Å². The van der Waals surface area contributed by atoms with Crippen LogP contribution >= 0.6 is 11.6 Å². The number of fused-ring (bicyclic) bond motifs is 1. The molecule has 0 bridgehead atoms. The fourth-order valence-electron chi connectivity index (χ4n) is 3.41. The minimum Gasteiger partial charge on any atom is -0.326 e. The van der Waals surface area contributed by atoms with Crippen LogP contribution in [0.25, 0.3) is 0 Å². The number of aromatic amines is 1. The van der Waals surface area contributed by atoms with Gasteiger partial charge in [-0.1, -0.05) is 23.7 Å². The lowest BCUT2D eigenvalue weighted by molar-refractivity contribution is -0.123. The second-order valence-electron chi connectivity index (χ2n) is 7.42. The van der Waals surface area contributed by atoms with Crippen LogP contribution in [0.4, 0.5) is 23.1 Å². The van der Waals surface area contributed by atoms with Crippen molar-refractivity contribution in [2.75, 3.05) is 16.0 Å². The Hall–Kier alpha value is -3.65. The van der Waals surface area contributed by atoms with Gasteiger partial charge in [-0.3, -0.25) is 19.4 Å². The molecule has 0 aliphatic carbocycles. The number of carbonyl (C=O) groups excluding carboxylic acids is 2.